The number of amides is 2. The lowest BCUT2D eigenvalue weighted by Gasteiger charge is -2.22. The van der Waals surface area contributed by atoms with E-state index in [4.69, 9.17) is 0 Å². The average molecular weight is 350 g/mol. The van der Waals surface area contributed by atoms with Crippen molar-refractivity contribution in [3.05, 3.63) is 41.5 Å². The van der Waals surface area contributed by atoms with Gasteiger partial charge in [0.25, 0.3) is 0 Å². The van der Waals surface area contributed by atoms with Crippen molar-refractivity contribution in [2.45, 2.75) is 45.4 Å². The van der Waals surface area contributed by atoms with E-state index < -0.39 is 23.2 Å². The zero-order valence-electron chi connectivity index (χ0n) is 14.5. The van der Waals surface area contributed by atoms with Crippen LogP contribution in [0.15, 0.2) is 29.8 Å². The summed E-state index contributed by atoms with van der Waals surface area (Å²) >= 11 is 0. The van der Waals surface area contributed by atoms with Crippen molar-refractivity contribution in [2.75, 3.05) is 18.4 Å². The molecule has 0 radical (unpaired) electrons. The molecule has 1 aliphatic carbocycles. The van der Waals surface area contributed by atoms with Crippen molar-refractivity contribution in [1.29, 1.82) is 0 Å². The number of nitrogens with one attached hydrogen (secondary N) is 1. The fourth-order valence-electron chi connectivity index (χ4n) is 2.89. The van der Waals surface area contributed by atoms with Gasteiger partial charge in [0, 0.05) is 26.4 Å². The molecule has 0 heterocycles. The molecule has 0 aromatic heterocycles. The van der Waals surface area contributed by atoms with Crippen molar-refractivity contribution in [1.82, 2.24) is 4.90 Å². The number of para-hydroxylation sites is 1. The predicted octanol–water partition coefficient (Wildman–Crippen LogP) is 4.03. The lowest BCUT2D eigenvalue weighted by molar-refractivity contribution is -0.129. The minimum Gasteiger partial charge on any atom is -0.342 e. The number of carbonyl (C=O) groups excluding carboxylic acids is 2. The van der Waals surface area contributed by atoms with Crippen molar-refractivity contribution in [2.24, 2.45) is 0 Å². The second kappa shape index (κ2) is 9.30. The summed E-state index contributed by atoms with van der Waals surface area (Å²) in [5, 5.41) is 2.24. The monoisotopic (exact) mass is 350 g/mol. The van der Waals surface area contributed by atoms with E-state index >= 15 is 0 Å². The van der Waals surface area contributed by atoms with Crippen LogP contribution in [0.2, 0.25) is 0 Å². The van der Waals surface area contributed by atoms with E-state index in [0.717, 1.165) is 31.4 Å². The number of hydrogen-bond acceptors (Lipinski definition) is 2. The first-order chi connectivity index (χ1) is 12.0. The van der Waals surface area contributed by atoms with E-state index in [0.29, 0.717) is 6.54 Å². The summed E-state index contributed by atoms with van der Waals surface area (Å²) in [6.07, 6.45) is 7.59. The van der Waals surface area contributed by atoms with Gasteiger partial charge in [-0.1, -0.05) is 17.7 Å². The summed E-state index contributed by atoms with van der Waals surface area (Å²) < 4.78 is 27.1. The van der Waals surface area contributed by atoms with Crippen LogP contribution in [0.25, 0.3) is 0 Å². The SMILES string of the molecule is CC(=O)N(CCC(=O)Nc1c(F)cccc1F)CCC1=CCCCC1. The van der Waals surface area contributed by atoms with E-state index in [1.165, 1.54) is 31.4 Å². The molecule has 2 amide bonds. The minimum absolute atomic E-state index is 0.00754. The smallest absolute Gasteiger partial charge is 0.226 e. The molecule has 136 valence electrons. The van der Waals surface area contributed by atoms with E-state index in [-0.39, 0.29) is 18.9 Å². The summed E-state index contributed by atoms with van der Waals surface area (Å²) in [7, 11) is 0. The molecule has 0 saturated heterocycles. The second-order valence-electron chi connectivity index (χ2n) is 6.26. The first-order valence-electron chi connectivity index (χ1n) is 8.64. The highest BCUT2D eigenvalue weighted by atomic mass is 19.1. The summed E-state index contributed by atoms with van der Waals surface area (Å²) in [5.41, 5.74) is 0.907. The zero-order valence-corrected chi connectivity index (χ0v) is 14.5. The Kier molecular flexibility index (Phi) is 7.10. The van der Waals surface area contributed by atoms with Gasteiger partial charge in [0.15, 0.2) is 0 Å². The molecule has 0 fully saturated rings. The Labute approximate surface area is 146 Å². The maximum atomic E-state index is 13.5. The van der Waals surface area contributed by atoms with Crippen LogP contribution >= 0.6 is 0 Å². The molecule has 0 saturated carbocycles. The molecule has 0 aliphatic heterocycles. The molecule has 2 rings (SSSR count). The van der Waals surface area contributed by atoms with E-state index in [1.54, 1.807) is 4.90 Å². The highest BCUT2D eigenvalue weighted by Crippen LogP contribution is 2.21. The Hall–Kier alpha value is -2.24. The Balaban J connectivity index is 1.84. The van der Waals surface area contributed by atoms with E-state index in [1.807, 2.05) is 0 Å². The molecule has 1 aromatic rings. The third-order valence-corrected chi connectivity index (χ3v) is 4.37. The number of benzene rings is 1. The normalized spacial score (nSPS) is 14.0. The van der Waals surface area contributed by atoms with E-state index in [2.05, 4.69) is 11.4 Å². The highest BCUT2D eigenvalue weighted by Gasteiger charge is 2.15. The molecule has 4 nitrogen and oxygen atoms in total. The van der Waals surface area contributed by atoms with Gasteiger partial charge in [-0.25, -0.2) is 8.78 Å². The van der Waals surface area contributed by atoms with Crippen LogP contribution in [-0.4, -0.2) is 29.8 Å². The Morgan fingerprint density at radius 2 is 1.88 bits per heavy atom. The molecule has 0 atom stereocenters. The first-order valence-corrected chi connectivity index (χ1v) is 8.64. The number of rotatable bonds is 7. The summed E-state index contributed by atoms with van der Waals surface area (Å²) in [6, 6.07) is 3.40. The fourth-order valence-corrected chi connectivity index (χ4v) is 2.89. The molecule has 1 aromatic carbocycles. The third-order valence-electron chi connectivity index (χ3n) is 4.37. The van der Waals surface area contributed by atoms with Gasteiger partial charge in [-0.05, 0) is 44.2 Å². The van der Waals surface area contributed by atoms with Crippen LogP contribution in [0.5, 0.6) is 0 Å². The Morgan fingerprint density at radius 3 is 2.48 bits per heavy atom. The Bertz CT molecular complexity index is 639. The standard InChI is InChI=1S/C19H24F2N2O2/c1-14(24)23(12-10-15-6-3-2-4-7-15)13-11-18(25)22-19-16(20)8-5-9-17(19)21/h5-6,8-9H,2-4,7,10-13H2,1H3,(H,22,25). The molecule has 25 heavy (non-hydrogen) atoms. The van der Waals surface area contributed by atoms with Crippen LogP contribution in [-0.2, 0) is 9.59 Å². The quantitative estimate of drug-likeness (QED) is 0.755. The van der Waals surface area contributed by atoms with Crippen molar-refractivity contribution in [3.8, 4) is 0 Å². The topological polar surface area (TPSA) is 49.4 Å². The summed E-state index contributed by atoms with van der Waals surface area (Å²) in [4.78, 5) is 25.3. The number of anilines is 1. The van der Waals surface area contributed by atoms with Gasteiger partial charge >= 0.3 is 0 Å². The van der Waals surface area contributed by atoms with Crippen molar-refractivity contribution < 1.29 is 18.4 Å². The molecule has 0 spiro atoms. The summed E-state index contributed by atoms with van der Waals surface area (Å²) in [5.74, 6) is -2.27. The highest BCUT2D eigenvalue weighted by molar-refractivity contribution is 5.91. The van der Waals surface area contributed by atoms with Crippen LogP contribution in [0.3, 0.4) is 0 Å². The van der Waals surface area contributed by atoms with Gasteiger partial charge in [-0.15, -0.1) is 0 Å². The van der Waals surface area contributed by atoms with Crippen LogP contribution in [0.1, 0.15) is 45.4 Å². The maximum Gasteiger partial charge on any atom is 0.226 e. The average Bonchev–Trinajstić information content (AvgIpc) is 2.59. The molecular weight excluding hydrogens is 326 g/mol. The van der Waals surface area contributed by atoms with Gasteiger partial charge in [0.1, 0.15) is 17.3 Å². The zero-order chi connectivity index (χ0) is 18.2. The lowest BCUT2D eigenvalue weighted by atomic mass is 9.97. The van der Waals surface area contributed by atoms with Crippen LogP contribution in [0.4, 0.5) is 14.5 Å². The summed E-state index contributed by atoms with van der Waals surface area (Å²) in [6.45, 7) is 2.25. The lowest BCUT2D eigenvalue weighted by Crippen LogP contribution is -2.33. The number of allylic oxidation sites excluding steroid dienone is 1. The molecule has 6 heteroatoms. The second-order valence-corrected chi connectivity index (χ2v) is 6.26. The molecule has 0 bridgehead atoms. The number of halogens is 2. The van der Waals surface area contributed by atoms with E-state index in [9.17, 15) is 18.4 Å². The fraction of sp³-hybridized carbons (Fsp3) is 0.474. The van der Waals surface area contributed by atoms with Crippen molar-refractivity contribution in [3.63, 3.8) is 0 Å². The molecule has 1 aliphatic rings. The van der Waals surface area contributed by atoms with Gasteiger partial charge in [-0.2, -0.15) is 0 Å². The first kappa shape index (κ1) is 19.1. The molecule has 0 unspecified atom stereocenters. The number of hydrogen-bond donors (Lipinski definition) is 1. The van der Waals surface area contributed by atoms with Gasteiger partial charge < -0.3 is 10.2 Å². The van der Waals surface area contributed by atoms with Gasteiger partial charge in [0.05, 0.1) is 0 Å². The molecule has 1 N–H and O–H groups in total. The molecular formula is C19H24F2N2O2. The maximum absolute atomic E-state index is 13.5. The van der Waals surface area contributed by atoms with Crippen LogP contribution < -0.4 is 5.32 Å². The largest absolute Gasteiger partial charge is 0.342 e. The predicted molar refractivity (Wildman–Crippen MR) is 93.0 cm³/mol. The number of carbonyl (C=O) groups is 2. The third kappa shape index (κ3) is 5.96. The van der Waals surface area contributed by atoms with Crippen molar-refractivity contribution >= 4 is 17.5 Å². The van der Waals surface area contributed by atoms with Crippen LogP contribution in [0, 0.1) is 11.6 Å². The number of nitrogens with zero attached hydrogens (tertiary/aromatic N) is 1. The Morgan fingerprint density at radius 1 is 1.16 bits per heavy atom. The van der Waals surface area contributed by atoms with Gasteiger partial charge in [-0.3, -0.25) is 9.59 Å². The van der Waals surface area contributed by atoms with Gasteiger partial charge in [0.2, 0.25) is 11.8 Å². The minimum atomic E-state index is -0.819.